The van der Waals surface area contributed by atoms with Crippen LogP contribution in [0.5, 0.6) is 0 Å². The molecule has 0 aliphatic heterocycles. The van der Waals surface area contributed by atoms with Crippen LogP contribution < -0.4 is 5.32 Å². The molecule has 230 valence electrons. The van der Waals surface area contributed by atoms with E-state index in [1.54, 1.807) is 6.08 Å². The highest BCUT2D eigenvalue weighted by Gasteiger charge is 2.52. The second kappa shape index (κ2) is 13.8. The van der Waals surface area contributed by atoms with Crippen LogP contribution in [0.25, 0.3) is 11.1 Å². The Morgan fingerprint density at radius 1 is 0.739 bits per heavy atom. The molecular formula is C41H38N2O3. The van der Waals surface area contributed by atoms with Gasteiger partial charge in [0, 0.05) is 13.0 Å². The molecule has 2 atom stereocenters. The Balaban J connectivity index is 1.55. The molecule has 0 spiro atoms. The molecule has 0 aromatic heterocycles. The number of amides is 1. The maximum atomic E-state index is 14.7. The van der Waals surface area contributed by atoms with Gasteiger partial charge in [-0.2, -0.15) is 0 Å². The van der Waals surface area contributed by atoms with E-state index in [1.807, 2.05) is 54.6 Å². The molecule has 1 aliphatic carbocycles. The topological polar surface area (TPSA) is 58.6 Å². The van der Waals surface area contributed by atoms with E-state index >= 15 is 0 Å². The molecule has 1 aliphatic rings. The monoisotopic (exact) mass is 606 g/mol. The second-order valence-corrected chi connectivity index (χ2v) is 11.6. The minimum atomic E-state index is -0.860. The predicted molar refractivity (Wildman–Crippen MR) is 183 cm³/mol. The quantitative estimate of drug-likeness (QED) is 0.120. The highest BCUT2D eigenvalue weighted by molar-refractivity contribution is 5.89. The van der Waals surface area contributed by atoms with Crippen molar-refractivity contribution < 1.29 is 14.3 Å². The van der Waals surface area contributed by atoms with Crippen molar-refractivity contribution >= 4 is 11.9 Å². The lowest BCUT2D eigenvalue weighted by molar-refractivity contribution is -0.146. The Kier molecular flexibility index (Phi) is 9.23. The molecule has 5 heteroatoms. The second-order valence-electron chi connectivity index (χ2n) is 11.6. The van der Waals surface area contributed by atoms with Gasteiger partial charge in [0.1, 0.15) is 6.04 Å². The third kappa shape index (κ3) is 5.78. The zero-order chi connectivity index (χ0) is 31.9. The van der Waals surface area contributed by atoms with Gasteiger partial charge in [0.05, 0.1) is 18.7 Å². The van der Waals surface area contributed by atoms with E-state index in [0.717, 1.165) is 38.9 Å². The van der Waals surface area contributed by atoms with Crippen molar-refractivity contribution in [2.45, 2.75) is 37.0 Å². The van der Waals surface area contributed by atoms with Crippen LogP contribution in [0.15, 0.2) is 152 Å². The summed E-state index contributed by atoms with van der Waals surface area (Å²) < 4.78 is 5.18. The summed E-state index contributed by atoms with van der Waals surface area (Å²) in [7, 11) is 1.35. The number of benzene rings is 5. The highest BCUT2D eigenvalue weighted by Crippen LogP contribution is 2.55. The van der Waals surface area contributed by atoms with Crippen molar-refractivity contribution in [1.29, 1.82) is 0 Å². The highest BCUT2D eigenvalue weighted by atomic mass is 16.5. The van der Waals surface area contributed by atoms with E-state index in [9.17, 15) is 9.59 Å². The first kappa shape index (κ1) is 30.8. The molecule has 1 amide bonds. The van der Waals surface area contributed by atoms with Crippen molar-refractivity contribution in [3.8, 4) is 11.1 Å². The maximum Gasteiger partial charge on any atom is 0.328 e. The minimum absolute atomic E-state index is 0.265. The van der Waals surface area contributed by atoms with Crippen LogP contribution in [-0.2, 0) is 32.8 Å². The molecule has 1 N–H and O–H groups in total. The van der Waals surface area contributed by atoms with Crippen LogP contribution in [0.1, 0.15) is 34.2 Å². The Morgan fingerprint density at radius 3 is 1.78 bits per heavy atom. The molecular weight excluding hydrogens is 568 g/mol. The van der Waals surface area contributed by atoms with Gasteiger partial charge in [0.25, 0.3) is 0 Å². The molecule has 6 rings (SSSR count). The first-order chi connectivity index (χ1) is 22.6. The molecule has 46 heavy (non-hydrogen) atoms. The van der Waals surface area contributed by atoms with Gasteiger partial charge in [-0.1, -0.05) is 146 Å². The van der Waals surface area contributed by atoms with Crippen LogP contribution in [0.4, 0.5) is 0 Å². The SMILES string of the molecule is C=CC[C@@H](C(=O)N[C@H](Cc1ccccc1)C(=O)OC)N(Cc1ccccc1)C1(c2ccccc2)c2ccccc2-c2ccccc21. The van der Waals surface area contributed by atoms with E-state index in [1.165, 1.54) is 7.11 Å². The Hall–Kier alpha value is -5.26. The van der Waals surface area contributed by atoms with Gasteiger partial charge >= 0.3 is 5.97 Å². The zero-order valence-corrected chi connectivity index (χ0v) is 26.0. The largest absolute Gasteiger partial charge is 0.467 e. The van der Waals surface area contributed by atoms with Crippen molar-refractivity contribution in [2.24, 2.45) is 0 Å². The average Bonchev–Trinajstić information content (AvgIpc) is 3.41. The van der Waals surface area contributed by atoms with E-state index in [2.05, 4.69) is 102 Å². The number of esters is 1. The third-order valence-electron chi connectivity index (χ3n) is 8.90. The van der Waals surface area contributed by atoms with Crippen LogP contribution >= 0.6 is 0 Å². The average molecular weight is 607 g/mol. The van der Waals surface area contributed by atoms with E-state index in [-0.39, 0.29) is 5.91 Å². The standard InChI is InChI=1S/C41H38N2O3/c1-3-17-38(39(44)42-37(40(45)46-2)28-30-18-7-4-8-19-30)43(29-31-20-9-5-10-21-31)41(32-22-11-6-12-23-32)35-26-15-13-24-33(35)34-25-14-16-27-36(34)41/h3-16,18-27,37-38H,1,17,28-29H2,2H3,(H,42,44)/t37-,38+/m1/s1. The van der Waals surface area contributed by atoms with Crippen LogP contribution in [0.2, 0.25) is 0 Å². The lowest BCUT2D eigenvalue weighted by atomic mass is 9.77. The molecule has 0 radical (unpaired) electrons. The van der Waals surface area contributed by atoms with Gasteiger partial charge in [-0.15, -0.1) is 6.58 Å². The number of nitrogens with zero attached hydrogens (tertiary/aromatic N) is 1. The number of carbonyl (C=O) groups is 2. The van der Waals surface area contributed by atoms with Gasteiger partial charge in [-0.05, 0) is 45.4 Å². The molecule has 0 bridgehead atoms. The fourth-order valence-electron chi connectivity index (χ4n) is 6.91. The van der Waals surface area contributed by atoms with Crippen molar-refractivity contribution in [1.82, 2.24) is 10.2 Å². The third-order valence-corrected chi connectivity index (χ3v) is 8.90. The van der Waals surface area contributed by atoms with Gasteiger partial charge in [0.15, 0.2) is 0 Å². The molecule has 0 unspecified atom stereocenters. The number of hydrogen-bond acceptors (Lipinski definition) is 4. The zero-order valence-electron chi connectivity index (χ0n) is 26.0. The fraction of sp³-hybridized carbons (Fsp3) is 0.171. The summed E-state index contributed by atoms with van der Waals surface area (Å²) in [6.07, 6.45) is 2.46. The van der Waals surface area contributed by atoms with Crippen LogP contribution in [0.3, 0.4) is 0 Å². The lowest BCUT2D eigenvalue weighted by Crippen LogP contribution is -2.58. The van der Waals surface area contributed by atoms with Gasteiger partial charge < -0.3 is 10.1 Å². The predicted octanol–water partition coefficient (Wildman–Crippen LogP) is 7.31. The van der Waals surface area contributed by atoms with Gasteiger partial charge in [0.2, 0.25) is 5.91 Å². The Labute approximate surface area is 271 Å². The van der Waals surface area contributed by atoms with Gasteiger partial charge in [-0.3, -0.25) is 9.69 Å². The number of methoxy groups -OCH3 is 1. The van der Waals surface area contributed by atoms with E-state index in [0.29, 0.717) is 19.4 Å². The normalized spacial score (nSPS) is 14.0. The summed E-state index contributed by atoms with van der Waals surface area (Å²) in [4.78, 5) is 30.1. The number of nitrogens with one attached hydrogen (secondary N) is 1. The van der Waals surface area contributed by atoms with Crippen molar-refractivity contribution in [3.05, 3.63) is 180 Å². The van der Waals surface area contributed by atoms with Crippen LogP contribution in [-0.4, -0.2) is 36.0 Å². The lowest BCUT2D eigenvalue weighted by Gasteiger charge is -2.47. The fourth-order valence-corrected chi connectivity index (χ4v) is 6.91. The summed E-state index contributed by atoms with van der Waals surface area (Å²) in [5.41, 5.74) is 6.70. The number of carbonyl (C=O) groups excluding carboxylic acids is 2. The summed E-state index contributed by atoms with van der Waals surface area (Å²) in [5, 5.41) is 3.10. The van der Waals surface area contributed by atoms with Gasteiger partial charge in [-0.25, -0.2) is 4.79 Å². The van der Waals surface area contributed by atoms with Crippen molar-refractivity contribution in [2.75, 3.05) is 7.11 Å². The summed E-state index contributed by atoms with van der Waals surface area (Å²) in [5.74, 6) is -0.752. The summed E-state index contributed by atoms with van der Waals surface area (Å²) >= 11 is 0. The molecule has 0 fully saturated rings. The number of ether oxygens (including phenoxy) is 1. The Bertz CT molecular complexity index is 1760. The van der Waals surface area contributed by atoms with Crippen molar-refractivity contribution in [3.63, 3.8) is 0 Å². The number of rotatable bonds is 12. The Morgan fingerprint density at radius 2 is 1.24 bits per heavy atom. The first-order valence-corrected chi connectivity index (χ1v) is 15.7. The first-order valence-electron chi connectivity index (χ1n) is 15.7. The van der Waals surface area contributed by atoms with Crippen LogP contribution in [0, 0.1) is 0 Å². The summed E-state index contributed by atoms with van der Waals surface area (Å²) in [6, 6.07) is 45.7. The number of hydrogen-bond donors (Lipinski definition) is 1. The summed E-state index contributed by atoms with van der Waals surface area (Å²) in [6.45, 7) is 4.55. The van der Waals surface area contributed by atoms with E-state index in [4.69, 9.17) is 4.74 Å². The maximum absolute atomic E-state index is 14.7. The smallest absolute Gasteiger partial charge is 0.328 e. The molecule has 0 heterocycles. The molecule has 5 aromatic carbocycles. The molecule has 5 aromatic rings. The molecule has 0 saturated carbocycles. The van der Waals surface area contributed by atoms with E-state index < -0.39 is 23.6 Å². The molecule has 5 nitrogen and oxygen atoms in total. The molecule has 0 saturated heterocycles. The number of fused-ring (bicyclic) bond motifs is 3. The minimum Gasteiger partial charge on any atom is -0.467 e.